The standard InChI is InChI=1S/C9H7ClN2O5S2/c10-9-7(12(13)14)4-8(18-9)19(15,16)11-5-6-2-1-3-17-6/h1-4,11H,5H2. The first-order valence-corrected chi connectivity index (χ1v) is 7.53. The molecule has 10 heteroatoms. The highest BCUT2D eigenvalue weighted by molar-refractivity contribution is 7.91. The summed E-state index contributed by atoms with van der Waals surface area (Å²) in [5.41, 5.74) is -0.426. The molecular formula is C9H7ClN2O5S2. The van der Waals surface area contributed by atoms with Gasteiger partial charge in [0.15, 0.2) is 4.34 Å². The second-order valence-electron chi connectivity index (χ2n) is 3.39. The van der Waals surface area contributed by atoms with Crippen molar-refractivity contribution in [2.24, 2.45) is 0 Å². The average Bonchev–Trinajstić information content (AvgIpc) is 2.95. The highest BCUT2D eigenvalue weighted by Gasteiger charge is 2.25. The summed E-state index contributed by atoms with van der Waals surface area (Å²) in [6, 6.07) is 4.15. The molecule has 0 aliphatic heterocycles. The lowest BCUT2D eigenvalue weighted by molar-refractivity contribution is -0.384. The number of hydrogen-bond acceptors (Lipinski definition) is 6. The van der Waals surface area contributed by atoms with Gasteiger partial charge in [-0.05, 0) is 12.1 Å². The SMILES string of the molecule is O=[N+]([O-])c1cc(S(=O)(=O)NCc2ccco2)sc1Cl. The summed E-state index contributed by atoms with van der Waals surface area (Å²) in [6.45, 7) is -0.0430. The fraction of sp³-hybridized carbons (Fsp3) is 0.111. The van der Waals surface area contributed by atoms with Crippen molar-refractivity contribution in [3.63, 3.8) is 0 Å². The third-order valence-corrected chi connectivity index (χ3v) is 5.34. The van der Waals surface area contributed by atoms with Crippen molar-refractivity contribution in [3.8, 4) is 0 Å². The van der Waals surface area contributed by atoms with Crippen LogP contribution in [0.5, 0.6) is 0 Å². The molecule has 0 radical (unpaired) electrons. The molecule has 0 aliphatic rings. The topological polar surface area (TPSA) is 102 Å². The van der Waals surface area contributed by atoms with Crippen molar-refractivity contribution < 1.29 is 17.8 Å². The molecule has 0 amide bonds. The minimum Gasteiger partial charge on any atom is -0.468 e. The van der Waals surface area contributed by atoms with E-state index in [1.807, 2.05) is 0 Å². The van der Waals surface area contributed by atoms with Gasteiger partial charge < -0.3 is 4.42 Å². The van der Waals surface area contributed by atoms with E-state index in [4.69, 9.17) is 16.0 Å². The van der Waals surface area contributed by atoms with Crippen LogP contribution in [-0.4, -0.2) is 13.3 Å². The van der Waals surface area contributed by atoms with Crippen molar-refractivity contribution in [1.29, 1.82) is 0 Å². The zero-order valence-corrected chi connectivity index (χ0v) is 11.6. The molecule has 0 saturated heterocycles. The number of nitrogens with zero attached hydrogens (tertiary/aromatic N) is 1. The molecule has 0 saturated carbocycles. The van der Waals surface area contributed by atoms with Crippen LogP contribution < -0.4 is 4.72 Å². The van der Waals surface area contributed by atoms with E-state index >= 15 is 0 Å². The normalized spacial score (nSPS) is 11.6. The van der Waals surface area contributed by atoms with Gasteiger partial charge in [0, 0.05) is 6.07 Å². The molecule has 7 nitrogen and oxygen atoms in total. The zero-order chi connectivity index (χ0) is 14.0. The van der Waals surface area contributed by atoms with Crippen molar-refractivity contribution >= 4 is 38.6 Å². The van der Waals surface area contributed by atoms with Gasteiger partial charge in [-0.1, -0.05) is 11.6 Å². The molecule has 0 fully saturated rings. The van der Waals surface area contributed by atoms with Crippen LogP contribution in [-0.2, 0) is 16.6 Å². The van der Waals surface area contributed by atoms with Gasteiger partial charge in [-0.3, -0.25) is 10.1 Å². The van der Waals surface area contributed by atoms with Crippen molar-refractivity contribution in [3.05, 3.63) is 44.7 Å². The Labute approximate surface area is 117 Å². The molecular weight excluding hydrogens is 316 g/mol. The van der Waals surface area contributed by atoms with Gasteiger partial charge in [0.25, 0.3) is 15.7 Å². The summed E-state index contributed by atoms with van der Waals surface area (Å²) >= 11 is 6.24. The molecule has 0 aliphatic carbocycles. The number of sulfonamides is 1. The van der Waals surface area contributed by atoms with Crippen LogP contribution in [0.4, 0.5) is 5.69 Å². The van der Waals surface area contributed by atoms with E-state index in [0.29, 0.717) is 17.1 Å². The number of nitro groups is 1. The number of rotatable bonds is 5. The maximum atomic E-state index is 11.9. The largest absolute Gasteiger partial charge is 0.468 e. The third kappa shape index (κ3) is 3.13. The minimum atomic E-state index is -3.85. The van der Waals surface area contributed by atoms with E-state index < -0.39 is 20.6 Å². The third-order valence-electron chi connectivity index (χ3n) is 2.12. The van der Waals surface area contributed by atoms with Gasteiger partial charge in [0.1, 0.15) is 9.97 Å². The van der Waals surface area contributed by atoms with Gasteiger partial charge in [-0.25, -0.2) is 13.1 Å². The summed E-state index contributed by atoms with van der Waals surface area (Å²) in [5, 5.41) is 10.6. The second-order valence-corrected chi connectivity index (χ2v) is 7.03. The fourth-order valence-electron chi connectivity index (χ4n) is 1.25. The van der Waals surface area contributed by atoms with Crippen LogP contribution in [0.1, 0.15) is 5.76 Å². The first-order valence-electron chi connectivity index (χ1n) is 4.86. The quantitative estimate of drug-likeness (QED) is 0.672. The monoisotopic (exact) mass is 322 g/mol. The van der Waals surface area contributed by atoms with E-state index in [9.17, 15) is 18.5 Å². The van der Waals surface area contributed by atoms with E-state index in [0.717, 1.165) is 6.07 Å². The summed E-state index contributed by atoms with van der Waals surface area (Å²) in [7, 11) is -3.85. The predicted octanol–water partition coefficient (Wildman–Crippen LogP) is 2.38. The van der Waals surface area contributed by atoms with Crippen LogP contribution in [0.3, 0.4) is 0 Å². The molecule has 2 aromatic heterocycles. The summed E-state index contributed by atoms with van der Waals surface area (Å²) in [4.78, 5) is 9.87. The maximum Gasteiger partial charge on any atom is 0.300 e. The fourth-order valence-corrected chi connectivity index (χ4v) is 3.95. The van der Waals surface area contributed by atoms with Crippen molar-refractivity contribution in [2.75, 3.05) is 0 Å². The molecule has 0 aromatic carbocycles. The summed E-state index contributed by atoms with van der Waals surface area (Å²) in [6.07, 6.45) is 1.41. The van der Waals surface area contributed by atoms with E-state index in [1.54, 1.807) is 12.1 Å². The molecule has 2 rings (SSSR count). The predicted molar refractivity (Wildman–Crippen MR) is 68.7 cm³/mol. The van der Waals surface area contributed by atoms with Crippen LogP contribution in [0.2, 0.25) is 4.34 Å². The van der Waals surface area contributed by atoms with Gasteiger partial charge >= 0.3 is 0 Å². The molecule has 0 spiro atoms. The number of nitrogens with one attached hydrogen (secondary N) is 1. The molecule has 1 N–H and O–H groups in total. The molecule has 0 unspecified atom stereocenters. The van der Waals surface area contributed by atoms with Gasteiger partial charge in [-0.2, -0.15) is 0 Å². The van der Waals surface area contributed by atoms with E-state index in [-0.39, 0.29) is 15.1 Å². The Morgan fingerprint density at radius 3 is 2.79 bits per heavy atom. The van der Waals surface area contributed by atoms with Gasteiger partial charge in [0.05, 0.1) is 17.7 Å². The van der Waals surface area contributed by atoms with Crippen molar-refractivity contribution in [2.45, 2.75) is 10.8 Å². The Morgan fingerprint density at radius 1 is 1.53 bits per heavy atom. The molecule has 0 atom stereocenters. The van der Waals surface area contributed by atoms with Crippen molar-refractivity contribution in [1.82, 2.24) is 4.72 Å². The summed E-state index contributed by atoms with van der Waals surface area (Å²) in [5.74, 6) is 0.431. The second kappa shape index (κ2) is 5.29. The Morgan fingerprint density at radius 2 is 2.26 bits per heavy atom. The number of hydrogen-bond donors (Lipinski definition) is 1. The number of thiophene rings is 1. The zero-order valence-electron chi connectivity index (χ0n) is 9.20. The van der Waals surface area contributed by atoms with E-state index in [1.165, 1.54) is 6.26 Å². The lowest BCUT2D eigenvalue weighted by Gasteiger charge is -2.01. The highest BCUT2D eigenvalue weighted by atomic mass is 35.5. The van der Waals surface area contributed by atoms with Crippen LogP contribution in [0, 0.1) is 10.1 Å². The Bertz CT molecular complexity index is 692. The Kier molecular flexibility index (Phi) is 3.90. The molecule has 102 valence electrons. The molecule has 19 heavy (non-hydrogen) atoms. The number of furan rings is 1. The Hall–Kier alpha value is -1.42. The minimum absolute atomic E-state index is 0.0430. The first kappa shape index (κ1) is 14.0. The van der Waals surface area contributed by atoms with Crippen LogP contribution in [0.25, 0.3) is 0 Å². The molecule has 0 bridgehead atoms. The first-order chi connectivity index (χ1) is 8.90. The molecule has 2 aromatic rings. The van der Waals surface area contributed by atoms with Gasteiger partial charge in [-0.15, -0.1) is 11.3 Å². The highest BCUT2D eigenvalue weighted by Crippen LogP contribution is 2.36. The molecule has 2 heterocycles. The van der Waals surface area contributed by atoms with Crippen LogP contribution >= 0.6 is 22.9 Å². The summed E-state index contributed by atoms with van der Waals surface area (Å²) < 4.78 is 30.6. The van der Waals surface area contributed by atoms with Gasteiger partial charge in [0.2, 0.25) is 0 Å². The number of halogens is 1. The Balaban J connectivity index is 2.20. The lowest BCUT2D eigenvalue weighted by atomic mass is 10.5. The van der Waals surface area contributed by atoms with E-state index in [2.05, 4.69) is 4.72 Å². The smallest absolute Gasteiger partial charge is 0.300 e. The lowest BCUT2D eigenvalue weighted by Crippen LogP contribution is -2.22. The maximum absolute atomic E-state index is 11.9. The van der Waals surface area contributed by atoms with Crippen LogP contribution in [0.15, 0.2) is 33.1 Å². The average molecular weight is 323 g/mol.